The SMILES string of the molecule is O=C(NCCc1nnc(-c2cccs2)o1)NC1CCCCC1. The normalized spacial score (nSPS) is 15.6. The van der Waals surface area contributed by atoms with Crippen LogP contribution in [0.5, 0.6) is 0 Å². The summed E-state index contributed by atoms with van der Waals surface area (Å²) in [6.07, 6.45) is 6.40. The smallest absolute Gasteiger partial charge is 0.315 e. The average molecular weight is 320 g/mol. The molecular weight excluding hydrogens is 300 g/mol. The summed E-state index contributed by atoms with van der Waals surface area (Å²) in [5.41, 5.74) is 0. The van der Waals surface area contributed by atoms with Gasteiger partial charge in [-0.3, -0.25) is 0 Å². The molecule has 1 aliphatic carbocycles. The Kier molecular flexibility index (Phi) is 5.05. The van der Waals surface area contributed by atoms with Crippen LogP contribution >= 0.6 is 11.3 Å². The van der Waals surface area contributed by atoms with Gasteiger partial charge < -0.3 is 15.1 Å². The van der Waals surface area contributed by atoms with E-state index >= 15 is 0 Å². The summed E-state index contributed by atoms with van der Waals surface area (Å²) >= 11 is 1.56. The third kappa shape index (κ3) is 4.07. The lowest BCUT2D eigenvalue weighted by Gasteiger charge is -2.22. The Bertz CT molecular complexity index is 590. The predicted octanol–water partition coefficient (Wildman–Crippen LogP) is 2.97. The van der Waals surface area contributed by atoms with Crippen LogP contribution in [0.25, 0.3) is 10.8 Å². The van der Waals surface area contributed by atoms with Crippen LogP contribution in [-0.4, -0.2) is 28.8 Å². The molecule has 1 fully saturated rings. The number of nitrogens with one attached hydrogen (secondary N) is 2. The van der Waals surface area contributed by atoms with Gasteiger partial charge in [0, 0.05) is 19.0 Å². The lowest BCUT2D eigenvalue weighted by Crippen LogP contribution is -2.43. The average Bonchev–Trinajstić information content (AvgIpc) is 3.19. The van der Waals surface area contributed by atoms with Gasteiger partial charge in [0.05, 0.1) is 4.88 Å². The van der Waals surface area contributed by atoms with Gasteiger partial charge in [-0.25, -0.2) is 4.79 Å². The maximum atomic E-state index is 11.8. The highest BCUT2D eigenvalue weighted by Gasteiger charge is 2.15. The molecule has 6 nitrogen and oxygen atoms in total. The Hall–Kier alpha value is -1.89. The molecule has 0 bridgehead atoms. The van der Waals surface area contributed by atoms with Gasteiger partial charge >= 0.3 is 6.03 Å². The number of rotatable bonds is 5. The van der Waals surface area contributed by atoms with E-state index < -0.39 is 0 Å². The first-order chi connectivity index (χ1) is 10.8. The molecule has 0 radical (unpaired) electrons. The third-order valence-electron chi connectivity index (χ3n) is 3.76. The molecule has 0 aromatic carbocycles. The summed E-state index contributed by atoms with van der Waals surface area (Å²) in [5.74, 6) is 1.08. The minimum atomic E-state index is -0.107. The summed E-state index contributed by atoms with van der Waals surface area (Å²) in [7, 11) is 0. The third-order valence-corrected chi connectivity index (χ3v) is 4.62. The van der Waals surface area contributed by atoms with E-state index in [9.17, 15) is 4.79 Å². The molecule has 0 spiro atoms. The van der Waals surface area contributed by atoms with Gasteiger partial charge in [-0.15, -0.1) is 21.5 Å². The number of carbonyl (C=O) groups is 1. The number of nitrogens with zero attached hydrogens (tertiary/aromatic N) is 2. The van der Waals surface area contributed by atoms with Gasteiger partial charge in [-0.2, -0.15) is 0 Å². The predicted molar refractivity (Wildman–Crippen MR) is 84.7 cm³/mol. The van der Waals surface area contributed by atoms with Gasteiger partial charge in [-0.1, -0.05) is 25.3 Å². The quantitative estimate of drug-likeness (QED) is 0.887. The molecule has 1 saturated carbocycles. The standard InChI is InChI=1S/C15H20N4O2S/c20-15(17-11-5-2-1-3-6-11)16-9-8-13-18-19-14(21-13)12-7-4-10-22-12/h4,7,10-11H,1-3,5-6,8-9H2,(H2,16,17,20). The summed E-state index contributed by atoms with van der Waals surface area (Å²) in [6.45, 7) is 0.491. The van der Waals surface area contributed by atoms with E-state index in [-0.39, 0.29) is 6.03 Å². The van der Waals surface area contributed by atoms with Crippen molar-refractivity contribution in [1.29, 1.82) is 0 Å². The molecule has 2 heterocycles. The van der Waals surface area contributed by atoms with Crippen molar-refractivity contribution in [2.75, 3.05) is 6.54 Å². The summed E-state index contributed by atoms with van der Waals surface area (Å²) in [5, 5.41) is 15.9. The maximum absolute atomic E-state index is 11.8. The highest BCUT2D eigenvalue weighted by atomic mass is 32.1. The van der Waals surface area contributed by atoms with Gasteiger partial charge in [0.25, 0.3) is 5.89 Å². The monoisotopic (exact) mass is 320 g/mol. The van der Waals surface area contributed by atoms with Crippen molar-refractivity contribution in [3.05, 3.63) is 23.4 Å². The maximum Gasteiger partial charge on any atom is 0.315 e. The first kappa shape index (κ1) is 15.0. The zero-order valence-corrected chi connectivity index (χ0v) is 13.2. The fourth-order valence-electron chi connectivity index (χ4n) is 2.62. The highest BCUT2D eigenvalue weighted by molar-refractivity contribution is 7.13. The Labute approximate surface area is 133 Å². The van der Waals surface area contributed by atoms with Crippen LogP contribution in [0.3, 0.4) is 0 Å². The minimum Gasteiger partial charge on any atom is -0.420 e. The molecule has 2 N–H and O–H groups in total. The second-order valence-corrected chi connectivity index (χ2v) is 6.41. The summed E-state index contributed by atoms with van der Waals surface area (Å²) < 4.78 is 5.58. The zero-order valence-electron chi connectivity index (χ0n) is 12.4. The van der Waals surface area contributed by atoms with Crippen molar-refractivity contribution in [3.8, 4) is 10.8 Å². The summed E-state index contributed by atoms with van der Waals surface area (Å²) in [6, 6.07) is 4.10. The number of hydrogen-bond donors (Lipinski definition) is 2. The van der Waals surface area contributed by atoms with Gasteiger partial charge in [0.15, 0.2) is 0 Å². The number of amides is 2. The van der Waals surface area contributed by atoms with Crippen molar-refractivity contribution in [3.63, 3.8) is 0 Å². The van der Waals surface area contributed by atoms with Crippen LogP contribution in [-0.2, 0) is 6.42 Å². The molecular formula is C15H20N4O2S. The molecule has 2 aromatic heterocycles. The molecule has 1 aliphatic rings. The van der Waals surface area contributed by atoms with Crippen molar-refractivity contribution >= 4 is 17.4 Å². The first-order valence-corrected chi connectivity index (χ1v) is 8.60. The van der Waals surface area contributed by atoms with E-state index in [1.807, 2.05) is 17.5 Å². The second-order valence-electron chi connectivity index (χ2n) is 5.46. The van der Waals surface area contributed by atoms with Crippen molar-refractivity contribution in [2.45, 2.75) is 44.6 Å². The van der Waals surface area contributed by atoms with Crippen LogP contribution in [0, 0.1) is 0 Å². The summed E-state index contributed by atoms with van der Waals surface area (Å²) in [4.78, 5) is 12.8. The van der Waals surface area contributed by atoms with Crippen LogP contribution < -0.4 is 10.6 Å². The molecule has 118 valence electrons. The fraction of sp³-hybridized carbons (Fsp3) is 0.533. The molecule has 2 amide bonds. The number of carbonyl (C=O) groups excluding carboxylic acids is 1. The van der Waals surface area contributed by atoms with Crippen molar-refractivity contribution in [1.82, 2.24) is 20.8 Å². The second kappa shape index (κ2) is 7.40. The highest BCUT2D eigenvalue weighted by Crippen LogP contribution is 2.22. The van der Waals surface area contributed by atoms with Crippen LogP contribution in [0.1, 0.15) is 38.0 Å². The van der Waals surface area contributed by atoms with Gasteiger partial charge in [0.2, 0.25) is 5.89 Å². The Morgan fingerprint density at radius 2 is 2.18 bits per heavy atom. The van der Waals surface area contributed by atoms with E-state index in [2.05, 4.69) is 20.8 Å². The topological polar surface area (TPSA) is 80.1 Å². The zero-order chi connectivity index (χ0) is 15.2. The Morgan fingerprint density at radius 1 is 1.32 bits per heavy atom. The Balaban J connectivity index is 1.40. The van der Waals surface area contributed by atoms with Crippen LogP contribution in [0.15, 0.2) is 21.9 Å². The lowest BCUT2D eigenvalue weighted by atomic mass is 9.96. The van der Waals surface area contributed by atoms with Crippen LogP contribution in [0.2, 0.25) is 0 Å². The number of hydrogen-bond acceptors (Lipinski definition) is 5. The van der Waals surface area contributed by atoms with E-state index in [1.165, 1.54) is 19.3 Å². The van der Waals surface area contributed by atoms with Gasteiger partial charge in [-0.05, 0) is 24.3 Å². The minimum absolute atomic E-state index is 0.107. The first-order valence-electron chi connectivity index (χ1n) is 7.72. The lowest BCUT2D eigenvalue weighted by molar-refractivity contribution is 0.232. The molecule has 2 aromatic rings. The molecule has 22 heavy (non-hydrogen) atoms. The molecule has 7 heteroatoms. The van der Waals surface area contributed by atoms with Crippen molar-refractivity contribution in [2.24, 2.45) is 0 Å². The van der Waals surface area contributed by atoms with E-state index in [4.69, 9.17) is 4.42 Å². The van der Waals surface area contributed by atoms with Crippen molar-refractivity contribution < 1.29 is 9.21 Å². The van der Waals surface area contributed by atoms with E-state index in [0.29, 0.717) is 30.8 Å². The molecule has 0 aliphatic heterocycles. The fourth-order valence-corrected chi connectivity index (χ4v) is 3.26. The largest absolute Gasteiger partial charge is 0.420 e. The molecule has 0 atom stereocenters. The van der Waals surface area contributed by atoms with Crippen LogP contribution in [0.4, 0.5) is 4.79 Å². The number of aromatic nitrogens is 2. The number of urea groups is 1. The molecule has 0 saturated heterocycles. The molecule has 0 unspecified atom stereocenters. The van der Waals surface area contributed by atoms with E-state index in [0.717, 1.165) is 17.7 Å². The number of thiophene rings is 1. The van der Waals surface area contributed by atoms with E-state index in [1.54, 1.807) is 11.3 Å². The molecule has 3 rings (SSSR count). The van der Waals surface area contributed by atoms with Gasteiger partial charge in [0.1, 0.15) is 0 Å². The Morgan fingerprint density at radius 3 is 2.95 bits per heavy atom.